The number of hydrogen-bond acceptors (Lipinski definition) is 3. The van der Waals surface area contributed by atoms with Gasteiger partial charge in [-0.25, -0.2) is 9.59 Å². The highest BCUT2D eigenvalue weighted by Crippen LogP contribution is 2.32. The van der Waals surface area contributed by atoms with Gasteiger partial charge in [0, 0.05) is 58.8 Å². The molecule has 3 rings (SSSR count). The van der Waals surface area contributed by atoms with E-state index in [1.165, 1.54) is 0 Å². The molecular formula is C17H29N5O3. The summed E-state index contributed by atoms with van der Waals surface area (Å²) in [6.07, 6.45) is 2.40. The van der Waals surface area contributed by atoms with E-state index in [1.54, 1.807) is 4.90 Å². The number of nitrogens with one attached hydrogen (secondary N) is 2. The van der Waals surface area contributed by atoms with Crippen LogP contribution in [-0.2, 0) is 4.79 Å². The van der Waals surface area contributed by atoms with Crippen molar-refractivity contribution in [3.8, 4) is 0 Å². The normalized spacial score (nSPS) is 27.0. The van der Waals surface area contributed by atoms with Crippen molar-refractivity contribution < 1.29 is 14.4 Å². The number of fused-ring (bicyclic) bond motifs is 1. The molecule has 3 aliphatic heterocycles. The van der Waals surface area contributed by atoms with E-state index in [-0.39, 0.29) is 18.0 Å². The SMILES string of the molecule is CCNC(=O)N1CC[C@H]2CC(=O)N(CCN3CCNC3=O)CC[C@H]2C1. The molecule has 25 heavy (non-hydrogen) atoms. The molecule has 3 fully saturated rings. The first-order valence-electron chi connectivity index (χ1n) is 9.41. The van der Waals surface area contributed by atoms with E-state index in [0.717, 1.165) is 32.5 Å². The molecule has 5 amide bonds. The standard InChI is InChI=1S/C17H29N5O3/c1-2-18-16(24)22-7-3-13-11-15(23)20(6-4-14(13)12-22)9-10-21-8-5-19-17(21)25/h13-14H,2-12H2,1H3,(H,18,24)(H,19,25)/t13-,14-/m0/s1. The second-order valence-corrected chi connectivity index (χ2v) is 7.18. The molecule has 0 spiro atoms. The topological polar surface area (TPSA) is 85.0 Å². The average molecular weight is 351 g/mol. The lowest BCUT2D eigenvalue weighted by Gasteiger charge is -2.37. The largest absolute Gasteiger partial charge is 0.341 e. The van der Waals surface area contributed by atoms with E-state index >= 15 is 0 Å². The summed E-state index contributed by atoms with van der Waals surface area (Å²) in [6, 6.07) is -0.0260. The fourth-order valence-corrected chi connectivity index (χ4v) is 4.13. The number of urea groups is 2. The van der Waals surface area contributed by atoms with E-state index in [0.29, 0.717) is 51.0 Å². The van der Waals surface area contributed by atoms with Crippen LogP contribution in [0.5, 0.6) is 0 Å². The molecule has 3 saturated heterocycles. The Labute approximate surface area is 148 Å². The van der Waals surface area contributed by atoms with Gasteiger partial charge < -0.3 is 25.3 Å². The molecule has 0 aromatic carbocycles. The first kappa shape index (κ1) is 17.8. The molecule has 2 N–H and O–H groups in total. The van der Waals surface area contributed by atoms with Crippen LogP contribution in [-0.4, -0.2) is 85.0 Å². The van der Waals surface area contributed by atoms with Crippen molar-refractivity contribution >= 4 is 18.0 Å². The van der Waals surface area contributed by atoms with Crippen molar-refractivity contribution in [1.82, 2.24) is 25.3 Å². The van der Waals surface area contributed by atoms with Crippen LogP contribution in [0.15, 0.2) is 0 Å². The number of carbonyl (C=O) groups excluding carboxylic acids is 3. The second-order valence-electron chi connectivity index (χ2n) is 7.18. The zero-order chi connectivity index (χ0) is 17.8. The fraction of sp³-hybridized carbons (Fsp3) is 0.824. The lowest BCUT2D eigenvalue weighted by molar-refractivity contribution is -0.131. The number of amides is 5. The number of rotatable bonds is 4. The molecule has 3 heterocycles. The van der Waals surface area contributed by atoms with Gasteiger partial charge in [-0.1, -0.05) is 0 Å². The molecule has 0 radical (unpaired) electrons. The third-order valence-corrected chi connectivity index (χ3v) is 5.65. The predicted octanol–water partition coefficient (Wildman–Crippen LogP) is 0.302. The number of nitrogens with zero attached hydrogens (tertiary/aromatic N) is 3. The van der Waals surface area contributed by atoms with Crippen molar-refractivity contribution in [2.45, 2.75) is 26.2 Å². The minimum atomic E-state index is -0.0338. The van der Waals surface area contributed by atoms with Crippen molar-refractivity contribution in [3.05, 3.63) is 0 Å². The minimum absolute atomic E-state index is 0.00780. The summed E-state index contributed by atoms with van der Waals surface area (Å²) in [5.74, 6) is 0.956. The maximum atomic E-state index is 12.6. The van der Waals surface area contributed by atoms with Gasteiger partial charge in [0.05, 0.1) is 0 Å². The second kappa shape index (κ2) is 7.93. The summed E-state index contributed by atoms with van der Waals surface area (Å²) in [5, 5.41) is 5.65. The summed E-state index contributed by atoms with van der Waals surface area (Å²) in [7, 11) is 0. The minimum Gasteiger partial charge on any atom is -0.341 e. The van der Waals surface area contributed by atoms with Crippen molar-refractivity contribution in [2.24, 2.45) is 11.8 Å². The Hall–Kier alpha value is -1.99. The zero-order valence-corrected chi connectivity index (χ0v) is 15.0. The van der Waals surface area contributed by atoms with Crippen LogP contribution in [0.2, 0.25) is 0 Å². The maximum absolute atomic E-state index is 12.6. The van der Waals surface area contributed by atoms with Gasteiger partial charge in [0.15, 0.2) is 0 Å². The quantitative estimate of drug-likeness (QED) is 0.764. The lowest BCUT2D eigenvalue weighted by atomic mass is 9.82. The number of carbonyl (C=O) groups is 3. The first-order valence-corrected chi connectivity index (χ1v) is 9.41. The molecule has 3 aliphatic rings. The van der Waals surface area contributed by atoms with Gasteiger partial charge in [0.1, 0.15) is 0 Å². The number of likely N-dealkylation sites (tertiary alicyclic amines) is 2. The van der Waals surface area contributed by atoms with Crippen LogP contribution < -0.4 is 10.6 Å². The van der Waals surface area contributed by atoms with Crippen LogP contribution in [0.4, 0.5) is 9.59 Å². The summed E-state index contributed by atoms with van der Waals surface area (Å²) >= 11 is 0. The molecule has 0 saturated carbocycles. The molecule has 0 unspecified atom stereocenters. The fourth-order valence-electron chi connectivity index (χ4n) is 4.13. The van der Waals surface area contributed by atoms with Crippen LogP contribution in [0.1, 0.15) is 26.2 Å². The molecule has 8 heteroatoms. The first-order chi connectivity index (χ1) is 12.1. The Balaban J connectivity index is 1.53. The predicted molar refractivity (Wildman–Crippen MR) is 93.0 cm³/mol. The van der Waals surface area contributed by atoms with E-state index in [2.05, 4.69) is 10.6 Å². The molecule has 0 aromatic heterocycles. The lowest BCUT2D eigenvalue weighted by Crippen LogP contribution is -2.48. The smallest absolute Gasteiger partial charge is 0.317 e. The monoisotopic (exact) mass is 351 g/mol. The molecule has 8 nitrogen and oxygen atoms in total. The van der Waals surface area contributed by atoms with Gasteiger partial charge in [-0.05, 0) is 31.6 Å². The summed E-state index contributed by atoms with van der Waals surface area (Å²) in [5.41, 5.74) is 0. The molecule has 0 aromatic rings. The van der Waals surface area contributed by atoms with Crippen molar-refractivity contribution in [1.29, 1.82) is 0 Å². The van der Waals surface area contributed by atoms with Crippen LogP contribution in [0.3, 0.4) is 0 Å². The van der Waals surface area contributed by atoms with E-state index in [4.69, 9.17) is 0 Å². The highest BCUT2D eigenvalue weighted by Gasteiger charge is 2.36. The Morgan fingerprint density at radius 2 is 1.88 bits per heavy atom. The Kier molecular flexibility index (Phi) is 5.65. The molecular weight excluding hydrogens is 322 g/mol. The van der Waals surface area contributed by atoms with E-state index in [1.807, 2.05) is 16.7 Å². The number of hydrogen-bond donors (Lipinski definition) is 2. The van der Waals surface area contributed by atoms with Gasteiger partial charge in [0.25, 0.3) is 0 Å². The van der Waals surface area contributed by atoms with Crippen LogP contribution >= 0.6 is 0 Å². The highest BCUT2D eigenvalue weighted by molar-refractivity contribution is 5.78. The third-order valence-electron chi connectivity index (χ3n) is 5.65. The highest BCUT2D eigenvalue weighted by atomic mass is 16.2. The van der Waals surface area contributed by atoms with Gasteiger partial charge in [-0.15, -0.1) is 0 Å². The van der Waals surface area contributed by atoms with E-state index in [9.17, 15) is 14.4 Å². The average Bonchev–Trinajstić information content (AvgIpc) is 2.93. The summed E-state index contributed by atoms with van der Waals surface area (Å²) < 4.78 is 0. The van der Waals surface area contributed by atoms with E-state index < -0.39 is 0 Å². The van der Waals surface area contributed by atoms with Gasteiger partial charge in [-0.2, -0.15) is 0 Å². The van der Waals surface area contributed by atoms with Crippen molar-refractivity contribution in [2.75, 3.05) is 52.4 Å². The number of piperidine rings is 1. The summed E-state index contributed by atoms with van der Waals surface area (Å²) in [6.45, 7) is 7.36. The Bertz CT molecular complexity index is 526. The Morgan fingerprint density at radius 1 is 1.12 bits per heavy atom. The molecule has 0 aliphatic carbocycles. The molecule has 0 bridgehead atoms. The molecule has 140 valence electrons. The van der Waals surface area contributed by atoms with Gasteiger partial charge in [0.2, 0.25) is 5.91 Å². The zero-order valence-electron chi connectivity index (χ0n) is 15.0. The molecule has 2 atom stereocenters. The third kappa shape index (κ3) is 4.16. The van der Waals surface area contributed by atoms with Gasteiger partial charge >= 0.3 is 12.1 Å². The Morgan fingerprint density at radius 3 is 2.60 bits per heavy atom. The summed E-state index contributed by atoms with van der Waals surface area (Å²) in [4.78, 5) is 41.8. The van der Waals surface area contributed by atoms with Crippen LogP contribution in [0.25, 0.3) is 0 Å². The van der Waals surface area contributed by atoms with Gasteiger partial charge in [-0.3, -0.25) is 4.79 Å². The maximum Gasteiger partial charge on any atom is 0.317 e. The van der Waals surface area contributed by atoms with Crippen LogP contribution in [0, 0.1) is 11.8 Å². The van der Waals surface area contributed by atoms with Crippen molar-refractivity contribution in [3.63, 3.8) is 0 Å².